The maximum absolute atomic E-state index is 6.72. The molecule has 0 N–H and O–H groups in total. The fourth-order valence-electron chi connectivity index (χ4n) is 2.80. The molecule has 0 spiro atoms. The Morgan fingerprint density at radius 2 is 1.68 bits per heavy atom. The molecular formula is C19H40O5Si. The molecule has 0 amide bonds. The van der Waals surface area contributed by atoms with Crippen molar-refractivity contribution < 1.29 is 22.8 Å². The molecule has 1 rings (SSSR count). The van der Waals surface area contributed by atoms with E-state index in [1.54, 1.807) is 0 Å². The van der Waals surface area contributed by atoms with Gasteiger partial charge in [-0.1, -0.05) is 27.7 Å². The smallest absolute Gasteiger partial charge is 0.379 e. The van der Waals surface area contributed by atoms with Crippen molar-refractivity contribution >= 4 is 8.80 Å². The highest BCUT2D eigenvalue weighted by atomic mass is 28.4. The Bertz CT molecular complexity index is 354. The number of hydrogen-bond donors (Lipinski definition) is 0. The number of epoxide rings is 1. The van der Waals surface area contributed by atoms with Crippen LogP contribution in [0.1, 0.15) is 67.7 Å². The second-order valence-corrected chi connectivity index (χ2v) is 10.8. The molecule has 0 aromatic rings. The summed E-state index contributed by atoms with van der Waals surface area (Å²) in [6, 6.07) is 0. The normalized spacial score (nSPS) is 20.3. The largest absolute Gasteiger partial charge is 0.504 e. The SMILES string of the molecule is CCO[Si](OCC)(OC(C)(CCCCOCC1CO1)C(C)C)C(C)C. The lowest BCUT2D eigenvalue weighted by atomic mass is 9.87. The molecule has 25 heavy (non-hydrogen) atoms. The number of ether oxygens (including phenoxy) is 2. The predicted octanol–water partition coefficient (Wildman–Crippen LogP) is 4.43. The lowest BCUT2D eigenvalue weighted by Gasteiger charge is -2.43. The van der Waals surface area contributed by atoms with Crippen molar-refractivity contribution in [2.45, 2.75) is 85.0 Å². The van der Waals surface area contributed by atoms with Crippen LogP contribution in [0.5, 0.6) is 0 Å². The molecule has 150 valence electrons. The Hall–Kier alpha value is 0.0169. The Balaban J connectivity index is 2.59. The molecule has 2 atom stereocenters. The monoisotopic (exact) mass is 376 g/mol. The zero-order chi connectivity index (χ0) is 18.9. The molecule has 0 aliphatic carbocycles. The molecule has 0 aromatic carbocycles. The van der Waals surface area contributed by atoms with E-state index in [2.05, 4.69) is 34.6 Å². The summed E-state index contributed by atoms with van der Waals surface area (Å²) in [5, 5.41) is 0. The van der Waals surface area contributed by atoms with Crippen LogP contribution in [-0.2, 0) is 22.8 Å². The van der Waals surface area contributed by atoms with Gasteiger partial charge in [-0.15, -0.1) is 0 Å². The van der Waals surface area contributed by atoms with Crippen LogP contribution < -0.4 is 0 Å². The van der Waals surface area contributed by atoms with Crippen LogP contribution in [0.4, 0.5) is 0 Å². The average molecular weight is 377 g/mol. The van der Waals surface area contributed by atoms with Gasteiger partial charge in [0, 0.05) is 25.4 Å². The van der Waals surface area contributed by atoms with Crippen molar-refractivity contribution in [2.75, 3.05) is 33.0 Å². The van der Waals surface area contributed by atoms with Crippen LogP contribution in [0.15, 0.2) is 0 Å². The molecule has 1 aliphatic heterocycles. The maximum atomic E-state index is 6.72. The van der Waals surface area contributed by atoms with Crippen LogP contribution in [-0.4, -0.2) is 53.5 Å². The molecule has 2 unspecified atom stereocenters. The maximum Gasteiger partial charge on any atom is 0.504 e. The fraction of sp³-hybridized carbons (Fsp3) is 1.00. The lowest BCUT2D eigenvalue weighted by molar-refractivity contribution is -0.0560. The second kappa shape index (κ2) is 11.0. The first-order valence-electron chi connectivity index (χ1n) is 9.97. The molecule has 1 saturated heterocycles. The summed E-state index contributed by atoms with van der Waals surface area (Å²) in [5.41, 5.74) is -0.00665. The molecule has 6 heteroatoms. The first-order chi connectivity index (χ1) is 11.8. The Morgan fingerprint density at radius 1 is 1.08 bits per heavy atom. The molecule has 1 fully saturated rings. The van der Waals surface area contributed by atoms with Gasteiger partial charge in [0.05, 0.1) is 18.8 Å². The van der Waals surface area contributed by atoms with Gasteiger partial charge in [0.15, 0.2) is 0 Å². The minimum atomic E-state index is -2.70. The Labute approximate surface area is 156 Å². The van der Waals surface area contributed by atoms with Gasteiger partial charge in [0.2, 0.25) is 0 Å². The van der Waals surface area contributed by atoms with Crippen molar-refractivity contribution in [2.24, 2.45) is 5.92 Å². The minimum absolute atomic E-state index is 0.243. The minimum Gasteiger partial charge on any atom is -0.379 e. The Morgan fingerprint density at radius 3 is 2.12 bits per heavy atom. The molecule has 1 heterocycles. The van der Waals surface area contributed by atoms with E-state index >= 15 is 0 Å². The zero-order valence-electron chi connectivity index (χ0n) is 17.4. The van der Waals surface area contributed by atoms with Gasteiger partial charge in [-0.25, -0.2) is 0 Å². The highest BCUT2D eigenvalue weighted by Crippen LogP contribution is 2.36. The van der Waals surface area contributed by atoms with Gasteiger partial charge in [-0.05, 0) is 46.0 Å². The third-order valence-corrected chi connectivity index (χ3v) is 8.46. The molecule has 0 radical (unpaired) electrons. The van der Waals surface area contributed by atoms with E-state index in [-0.39, 0.29) is 11.1 Å². The molecular weight excluding hydrogens is 336 g/mol. The summed E-state index contributed by atoms with van der Waals surface area (Å²) >= 11 is 0. The van der Waals surface area contributed by atoms with Crippen LogP contribution in [0, 0.1) is 5.92 Å². The van der Waals surface area contributed by atoms with Gasteiger partial charge in [0.1, 0.15) is 6.10 Å². The third-order valence-electron chi connectivity index (χ3n) is 4.91. The standard InChI is InChI=1S/C19H40O5Si/c1-8-22-25(17(5)6,23-9-2)24-19(7,16(3)4)12-10-11-13-20-14-18-15-21-18/h16-18H,8-15H2,1-7H3. The summed E-state index contributed by atoms with van der Waals surface area (Å²) in [6.07, 6.45) is 3.44. The van der Waals surface area contributed by atoms with Crippen molar-refractivity contribution in [1.29, 1.82) is 0 Å². The van der Waals surface area contributed by atoms with E-state index < -0.39 is 8.80 Å². The van der Waals surface area contributed by atoms with Crippen LogP contribution in [0.3, 0.4) is 0 Å². The van der Waals surface area contributed by atoms with Gasteiger partial charge in [-0.3, -0.25) is 0 Å². The van der Waals surface area contributed by atoms with Crippen LogP contribution >= 0.6 is 0 Å². The number of rotatable bonds is 15. The molecule has 1 aliphatic rings. The van der Waals surface area contributed by atoms with Gasteiger partial charge in [0.25, 0.3) is 0 Å². The molecule has 0 bridgehead atoms. The third kappa shape index (κ3) is 7.65. The Kier molecular flexibility index (Phi) is 10.1. The van der Waals surface area contributed by atoms with Crippen molar-refractivity contribution in [3.05, 3.63) is 0 Å². The predicted molar refractivity (Wildman–Crippen MR) is 103 cm³/mol. The summed E-state index contributed by atoms with van der Waals surface area (Å²) in [5.74, 6) is 0.389. The van der Waals surface area contributed by atoms with Crippen LogP contribution in [0.25, 0.3) is 0 Å². The number of unbranched alkanes of at least 4 members (excludes halogenated alkanes) is 1. The van der Waals surface area contributed by atoms with E-state index in [0.717, 1.165) is 39.1 Å². The van der Waals surface area contributed by atoms with Gasteiger partial charge >= 0.3 is 8.80 Å². The quantitative estimate of drug-likeness (QED) is 0.240. The first-order valence-corrected chi connectivity index (χ1v) is 11.8. The average Bonchev–Trinajstić information content (AvgIpc) is 3.35. The van der Waals surface area contributed by atoms with Crippen molar-refractivity contribution in [3.8, 4) is 0 Å². The van der Waals surface area contributed by atoms with E-state index in [0.29, 0.717) is 25.2 Å². The second-order valence-electron chi connectivity index (χ2n) is 7.68. The zero-order valence-corrected chi connectivity index (χ0v) is 18.4. The molecule has 0 aromatic heterocycles. The van der Waals surface area contributed by atoms with E-state index in [1.165, 1.54) is 0 Å². The topological polar surface area (TPSA) is 49.5 Å². The fourth-order valence-corrected chi connectivity index (χ4v) is 5.69. The van der Waals surface area contributed by atoms with Gasteiger partial charge in [-0.2, -0.15) is 0 Å². The molecule has 5 nitrogen and oxygen atoms in total. The summed E-state index contributed by atoms with van der Waals surface area (Å²) in [7, 11) is -2.70. The first kappa shape index (κ1) is 23.1. The summed E-state index contributed by atoms with van der Waals surface area (Å²) < 4.78 is 29.7. The van der Waals surface area contributed by atoms with Crippen LogP contribution in [0.2, 0.25) is 5.54 Å². The summed E-state index contributed by atoms with van der Waals surface area (Å²) in [6.45, 7) is 18.6. The van der Waals surface area contributed by atoms with Crippen molar-refractivity contribution in [3.63, 3.8) is 0 Å². The highest BCUT2D eigenvalue weighted by molar-refractivity contribution is 6.62. The van der Waals surface area contributed by atoms with E-state index in [4.69, 9.17) is 22.8 Å². The highest BCUT2D eigenvalue weighted by Gasteiger charge is 2.50. The van der Waals surface area contributed by atoms with Gasteiger partial charge < -0.3 is 22.8 Å². The lowest BCUT2D eigenvalue weighted by Crippen LogP contribution is -2.56. The van der Waals surface area contributed by atoms with E-state index in [9.17, 15) is 0 Å². The molecule has 0 saturated carbocycles. The summed E-state index contributed by atoms with van der Waals surface area (Å²) in [4.78, 5) is 0. The van der Waals surface area contributed by atoms with Crippen molar-refractivity contribution in [1.82, 2.24) is 0 Å². The number of hydrogen-bond acceptors (Lipinski definition) is 5. The van der Waals surface area contributed by atoms with E-state index in [1.807, 2.05) is 13.8 Å².